The molecule has 0 bridgehead atoms. The van der Waals surface area contributed by atoms with Crippen molar-refractivity contribution in [2.45, 2.75) is 38.1 Å². The minimum absolute atomic E-state index is 0.0113. The zero-order chi connectivity index (χ0) is 17.4. The van der Waals surface area contributed by atoms with Gasteiger partial charge in [0.2, 0.25) is 5.89 Å². The number of aryl methyl sites for hydroxylation is 1. The van der Waals surface area contributed by atoms with Crippen molar-refractivity contribution in [3.63, 3.8) is 0 Å². The number of ether oxygens (including phenoxy) is 1. The van der Waals surface area contributed by atoms with Crippen molar-refractivity contribution in [3.8, 4) is 0 Å². The van der Waals surface area contributed by atoms with E-state index in [1.165, 1.54) is 0 Å². The molecule has 2 aromatic heterocycles. The van der Waals surface area contributed by atoms with E-state index in [4.69, 9.17) is 9.26 Å². The summed E-state index contributed by atoms with van der Waals surface area (Å²) in [5, 5.41) is 8.43. The molecule has 1 saturated heterocycles. The molecular weight excluding hydrogens is 322 g/mol. The van der Waals surface area contributed by atoms with Crippen molar-refractivity contribution in [1.82, 2.24) is 24.8 Å². The number of hydrogen-bond donors (Lipinski definition) is 0. The molecule has 0 spiro atoms. The topological polar surface area (TPSA) is 86.3 Å². The number of hydrogen-bond acceptors (Lipinski definition) is 6. The highest BCUT2D eigenvalue weighted by atomic mass is 16.5. The molecule has 4 rings (SSSR count). The van der Waals surface area contributed by atoms with Crippen LogP contribution in [0.4, 0.5) is 0 Å². The van der Waals surface area contributed by atoms with Crippen LogP contribution in [0.5, 0.6) is 0 Å². The van der Waals surface area contributed by atoms with Gasteiger partial charge in [0, 0.05) is 44.8 Å². The van der Waals surface area contributed by atoms with Gasteiger partial charge in [-0.15, -0.1) is 0 Å². The molecule has 8 heteroatoms. The fourth-order valence-electron chi connectivity index (χ4n) is 3.42. The number of carbonyl (C=O) groups is 1. The molecule has 1 amide bonds. The molecule has 2 aromatic rings. The second-order valence-electron chi connectivity index (χ2n) is 6.85. The molecule has 0 N–H and O–H groups in total. The molecule has 3 heterocycles. The maximum atomic E-state index is 12.8. The zero-order valence-electron chi connectivity index (χ0n) is 14.6. The Labute approximate surface area is 146 Å². The average molecular weight is 345 g/mol. The SMILES string of the molecule is CCn1ccc(C(=O)N2C[C@@H](COC)[C@H](c3nc(C4CC4)no3)C2)n1. The molecule has 1 aliphatic carbocycles. The highest BCUT2D eigenvalue weighted by Gasteiger charge is 2.41. The second-order valence-corrected chi connectivity index (χ2v) is 6.85. The Morgan fingerprint density at radius 2 is 2.24 bits per heavy atom. The quantitative estimate of drug-likeness (QED) is 0.791. The lowest BCUT2D eigenvalue weighted by Gasteiger charge is -2.14. The van der Waals surface area contributed by atoms with Gasteiger partial charge in [-0.3, -0.25) is 9.48 Å². The van der Waals surface area contributed by atoms with Crippen molar-refractivity contribution in [2.24, 2.45) is 5.92 Å². The van der Waals surface area contributed by atoms with Gasteiger partial charge in [0.1, 0.15) is 5.69 Å². The summed E-state index contributed by atoms with van der Waals surface area (Å²) in [6.07, 6.45) is 4.10. The molecule has 134 valence electrons. The Bertz CT molecular complexity index is 751. The predicted molar refractivity (Wildman–Crippen MR) is 88.2 cm³/mol. The van der Waals surface area contributed by atoms with Crippen molar-refractivity contribution >= 4 is 5.91 Å². The summed E-state index contributed by atoms with van der Waals surface area (Å²) >= 11 is 0. The van der Waals surface area contributed by atoms with Gasteiger partial charge in [-0.25, -0.2) is 0 Å². The number of nitrogens with zero attached hydrogens (tertiary/aromatic N) is 5. The third-order valence-electron chi connectivity index (χ3n) is 5.01. The van der Waals surface area contributed by atoms with E-state index in [2.05, 4.69) is 15.2 Å². The smallest absolute Gasteiger partial charge is 0.274 e. The third-order valence-corrected chi connectivity index (χ3v) is 5.01. The van der Waals surface area contributed by atoms with Crippen LogP contribution in [0.15, 0.2) is 16.8 Å². The Balaban J connectivity index is 1.51. The summed E-state index contributed by atoms with van der Waals surface area (Å²) in [6.45, 7) is 4.46. The lowest BCUT2D eigenvalue weighted by atomic mass is 9.97. The van der Waals surface area contributed by atoms with Crippen LogP contribution in [0.2, 0.25) is 0 Å². The van der Waals surface area contributed by atoms with E-state index in [1.54, 1.807) is 17.9 Å². The molecule has 1 saturated carbocycles. The predicted octanol–water partition coefficient (Wildman–Crippen LogP) is 1.67. The molecule has 25 heavy (non-hydrogen) atoms. The van der Waals surface area contributed by atoms with Crippen molar-refractivity contribution < 1.29 is 14.1 Å². The summed E-state index contributed by atoms with van der Waals surface area (Å²) in [6, 6.07) is 1.77. The number of methoxy groups -OCH3 is 1. The minimum Gasteiger partial charge on any atom is -0.384 e. The van der Waals surface area contributed by atoms with E-state index in [0.717, 1.165) is 25.2 Å². The van der Waals surface area contributed by atoms with E-state index < -0.39 is 0 Å². The highest BCUT2D eigenvalue weighted by molar-refractivity contribution is 5.92. The van der Waals surface area contributed by atoms with E-state index in [-0.39, 0.29) is 17.7 Å². The van der Waals surface area contributed by atoms with Crippen LogP contribution in [0.25, 0.3) is 0 Å². The Hall–Kier alpha value is -2.22. The van der Waals surface area contributed by atoms with E-state index in [0.29, 0.717) is 37.2 Å². The Morgan fingerprint density at radius 1 is 1.40 bits per heavy atom. The van der Waals surface area contributed by atoms with Crippen LogP contribution < -0.4 is 0 Å². The minimum atomic E-state index is -0.0577. The van der Waals surface area contributed by atoms with E-state index in [1.807, 2.05) is 18.0 Å². The summed E-state index contributed by atoms with van der Waals surface area (Å²) in [7, 11) is 1.67. The molecule has 0 aromatic carbocycles. The van der Waals surface area contributed by atoms with Gasteiger partial charge in [-0.1, -0.05) is 5.16 Å². The zero-order valence-corrected chi connectivity index (χ0v) is 14.6. The van der Waals surface area contributed by atoms with Crippen molar-refractivity contribution in [2.75, 3.05) is 26.8 Å². The molecule has 2 fully saturated rings. The maximum Gasteiger partial charge on any atom is 0.274 e. The van der Waals surface area contributed by atoms with Crippen molar-refractivity contribution in [1.29, 1.82) is 0 Å². The molecular formula is C17H23N5O3. The number of aromatic nitrogens is 4. The number of likely N-dealkylation sites (tertiary alicyclic amines) is 1. The molecule has 0 unspecified atom stereocenters. The first-order chi connectivity index (χ1) is 12.2. The lowest BCUT2D eigenvalue weighted by Crippen LogP contribution is -2.29. The van der Waals surface area contributed by atoms with Gasteiger partial charge in [-0.2, -0.15) is 10.1 Å². The molecule has 0 radical (unpaired) electrons. The first kappa shape index (κ1) is 16.3. The summed E-state index contributed by atoms with van der Waals surface area (Å²) < 4.78 is 12.6. The standard InChI is InChI=1S/C17H23N5O3/c1-3-22-7-6-14(19-22)17(23)21-8-12(10-24-2)13(9-21)16-18-15(20-25-16)11-4-5-11/h6-7,11-13H,3-5,8-10H2,1-2H3/t12-,13+/m0/s1. The fraction of sp³-hybridized carbons (Fsp3) is 0.647. The number of amides is 1. The molecule has 1 aliphatic heterocycles. The summed E-state index contributed by atoms with van der Waals surface area (Å²) in [5.74, 6) is 1.98. The van der Waals surface area contributed by atoms with Crippen LogP contribution in [0.1, 0.15) is 53.8 Å². The van der Waals surface area contributed by atoms with Crippen LogP contribution in [0.3, 0.4) is 0 Å². The van der Waals surface area contributed by atoms with Crippen LogP contribution in [0, 0.1) is 5.92 Å². The Kier molecular flexibility index (Phi) is 4.29. The van der Waals surface area contributed by atoms with Crippen LogP contribution in [-0.4, -0.2) is 57.5 Å². The molecule has 8 nitrogen and oxygen atoms in total. The normalized spacial score (nSPS) is 23.4. The Morgan fingerprint density at radius 3 is 2.92 bits per heavy atom. The fourth-order valence-corrected chi connectivity index (χ4v) is 3.42. The second kappa shape index (κ2) is 6.59. The molecule has 2 aliphatic rings. The monoisotopic (exact) mass is 345 g/mol. The maximum absolute atomic E-state index is 12.8. The van der Waals surface area contributed by atoms with Gasteiger partial charge in [-0.05, 0) is 25.8 Å². The van der Waals surface area contributed by atoms with Gasteiger partial charge >= 0.3 is 0 Å². The first-order valence-electron chi connectivity index (χ1n) is 8.84. The lowest BCUT2D eigenvalue weighted by molar-refractivity contribution is 0.0768. The van der Waals surface area contributed by atoms with Crippen molar-refractivity contribution in [3.05, 3.63) is 29.7 Å². The first-order valence-corrected chi connectivity index (χ1v) is 8.84. The largest absolute Gasteiger partial charge is 0.384 e. The van der Waals surface area contributed by atoms with Gasteiger partial charge < -0.3 is 14.2 Å². The van der Waals surface area contributed by atoms with Gasteiger partial charge in [0.25, 0.3) is 5.91 Å². The summed E-state index contributed by atoms with van der Waals surface area (Å²) in [5.41, 5.74) is 0.475. The van der Waals surface area contributed by atoms with E-state index >= 15 is 0 Å². The number of rotatable bonds is 6. The summed E-state index contributed by atoms with van der Waals surface area (Å²) in [4.78, 5) is 19.2. The number of carbonyl (C=O) groups excluding carboxylic acids is 1. The van der Waals surface area contributed by atoms with Gasteiger partial charge in [0.05, 0.1) is 12.5 Å². The third kappa shape index (κ3) is 3.18. The highest BCUT2D eigenvalue weighted by Crippen LogP contribution is 2.40. The van der Waals surface area contributed by atoms with Crippen LogP contribution in [-0.2, 0) is 11.3 Å². The average Bonchev–Trinajstić information content (AvgIpc) is 3.06. The van der Waals surface area contributed by atoms with Crippen LogP contribution >= 0.6 is 0 Å². The van der Waals surface area contributed by atoms with E-state index in [9.17, 15) is 4.79 Å². The van der Waals surface area contributed by atoms with Gasteiger partial charge in [0.15, 0.2) is 5.82 Å². The molecule has 2 atom stereocenters.